The van der Waals surface area contributed by atoms with Crippen molar-refractivity contribution in [3.63, 3.8) is 0 Å². The van der Waals surface area contributed by atoms with Crippen LogP contribution in [0.4, 0.5) is 0 Å². The van der Waals surface area contributed by atoms with Crippen molar-refractivity contribution < 1.29 is 30.5 Å². The van der Waals surface area contributed by atoms with Gasteiger partial charge in [-0.25, -0.2) is 9.59 Å². The Kier molecular flexibility index (Phi) is 12.6. The zero-order valence-electron chi connectivity index (χ0n) is 16.0. The van der Waals surface area contributed by atoms with Crippen molar-refractivity contribution in [2.45, 2.75) is 78.3 Å². The van der Waals surface area contributed by atoms with Gasteiger partial charge in [0.15, 0.2) is 12.1 Å². The Morgan fingerprint density at radius 1 is 0.708 bits per heavy atom. The second-order valence-corrected chi connectivity index (χ2v) is 7.40. The lowest BCUT2D eigenvalue weighted by Gasteiger charge is -2.11. The van der Waals surface area contributed by atoms with Gasteiger partial charge in [0.1, 0.15) is 0 Å². The molecule has 2 unspecified atom stereocenters. The first-order chi connectivity index (χ1) is 11.2. The summed E-state index contributed by atoms with van der Waals surface area (Å²) in [7, 11) is 0. The van der Waals surface area contributed by atoms with Gasteiger partial charge in [0, 0.05) is 12.8 Å². The molecule has 0 spiro atoms. The summed E-state index contributed by atoms with van der Waals surface area (Å²) >= 11 is 0. The minimum Gasteiger partial charge on any atom is -0.461 e. The van der Waals surface area contributed by atoms with Crippen molar-refractivity contribution in [3.8, 4) is 0 Å². The maximum Gasteiger partial charge on any atom is 0.364 e. The number of carbonyl (C=O) groups excluding carboxylic acids is 2. The van der Waals surface area contributed by atoms with E-state index in [4.69, 9.17) is 9.47 Å². The van der Waals surface area contributed by atoms with Crippen LogP contribution in [0.25, 0.3) is 0 Å². The normalized spacial score (nSPS) is 13.8. The minimum absolute atomic E-state index is 0.204. The molecule has 6 N–H and O–H groups in total. The molecule has 0 amide bonds. The van der Waals surface area contributed by atoms with E-state index in [9.17, 15) is 9.59 Å². The van der Waals surface area contributed by atoms with Gasteiger partial charge in [-0.05, 0) is 37.5 Å². The summed E-state index contributed by atoms with van der Waals surface area (Å²) < 4.78 is 10.4. The highest BCUT2D eigenvalue weighted by Crippen LogP contribution is 2.06. The van der Waals surface area contributed by atoms with Crippen LogP contribution in [0.3, 0.4) is 0 Å². The molecule has 0 aromatic heterocycles. The number of rotatable bonds is 13. The molecule has 0 aliphatic carbocycles. The fraction of sp³-hybridized carbons (Fsp3) is 0.889. The van der Waals surface area contributed by atoms with Gasteiger partial charge < -0.3 is 20.9 Å². The third-order valence-electron chi connectivity index (χ3n) is 3.71. The number of quaternary nitrogens is 2. The highest BCUT2D eigenvalue weighted by atomic mass is 16.5. The topological polar surface area (TPSA) is 108 Å². The standard InChI is InChI=1S/C18H36N2O4/c1-13(2)11-15(19)17(21)23-9-7-5-6-8-10-24-18(22)16(20)12-14(3)4/h13-16H,5-12,19-20H2,1-4H3/p+2. The van der Waals surface area contributed by atoms with Gasteiger partial charge in [0.25, 0.3) is 0 Å². The van der Waals surface area contributed by atoms with Crippen molar-refractivity contribution in [1.29, 1.82) is 0 Å². The SMILES string of the molecule is CC(C)CC([NH3+])C(=O)OCCCCCCOC(=O)C([NH3+])CC(C)C. The Morgan fingerprint density at radius 2 is 1.04 bits per heavy atom. The van der Waals surface area contributed by atoms with Crippen molar-refractivity contribution in [2.75, 3.05) is 13.2 Å². The van der Waals surface area contributed by atoms with Crippen LogP contribution in [0.15, 0.2) is 0 Å². The molecule has 6 nitrogen and oxygen atoms in total. The average molecular weight is 347 g/mol. The number of hydrogen-bond acceptors (Lipinski definition) is 4. The number of hydrogen-bond donors (Lipinski definition) is 2. The smallest absolute Gasteiger partial charge is 0.364 e. The Labute approximate surface area is 146 Å². The largest absolute Gasteiger partial charge is 0.461 e. The van der Waals surface area contributed by atoms with Gasteiger partial charge in [0.05, 0.1) is 13.2 Å². The fourth-order valence-electron chi connectivity index (χ4n) is 2.47. The van der Waals surface area contributed by atoms with Gasteiger partial charge in [0.2, 0.25) is 0 Å². The minimum atomic E-state index is -0.272. The molecular formula is C18H38N2O4+2. The van der Waals surface area contributed by atoms with Crippen LogP contribution in [-0.4, -0.2) is 37.2 Å². The van der Waals surface area contributed by atoms with E-state index >= 15 is 0 Å². The van der Waals surface area contributed by atoms with Gasteiger partial charge in [-0.15, -0.1) is 0 Å². The number of esters is 2. The van der Waals surface area contributed by atoms with E-state index in [0.717, 1.165) is 38.5 Å². The maximum absolute atomic E-state index is 11.7. The van der Waals surface area contributed by atoms with E-state index in [1.165, 1.54) is 0 Å². The number of unbranched alkanes of at least 4 members (excludes halogenated alkanes) is 3. The van der Waals surface area contributed by atoms with Crippen LogP contribution in [0.5, 0.6) is 0 Å². The van der Waals surface area contributed by atoms with Crippen molar-refractivity contribution in [3.05, 3.63) is 0 Å². The lowest BCUT2D eigenvalue weighted by atomic mass is 10.1. The molecule has 24 heavy (non-hydrogen) atoms. The molecule has 0 bridgehead atoms. The predicted octanol–water partition coefficient (Wildman–Crippen LogP) is 0.946. The van der Waals surface area contributed by atoms with E-state index < -0.39 is 0 Å². The summed E-state index contributed by atoms with van der Waals surface area (Å²) in [6.45, 7) is 9.15. The summed E-state index contributed by atoms with van der Waals surface area (Å²) in [5.74, 6) is 0.482. The Morgan fingerprint density at radius 3 is 1.33 bits per heavy atom. The van der Waals surface area contributed by atoms with E-state index in [1.54, 1.807) is 0 Å². The number of ether oxygens (including phenoxy) is 2. The van der Waals surface area contributed by atoms with E-state index in [2.05, 4.69) is 39.2 Å². The zero-order chi connectivity index (χ0) is 18.5. The monoisotopic (exact) mass is 346 g/mol. The van der Waals surface area contributed by atoms with Crippen LogP contribution in [0, 0.1) is 11.8 Å². The molecule has 0 aromatic rings. The van der Waals surface area contributed by atoms with Crippen molar-refractivity contribution in [1.82, 2.24) is 0 Å². The van der Waals surface area contributed by atoms with E-state index in [-0.39, 0.29) is 24.0 Å². The van der Waals surface area contributed by atoms with Gasteiger partial charge >= 0.3 is 11.9 Å². The third-order valence-corrected chi connectivity index (χ3v) is 3.71. The first-order valence-electron chi connectivity index (χ1n) is 9.23. The second-order valence-electron chi connectivity index (χ2n) is 7.40. The summed E-state index contributed by atoms with van der Waals surface area (Å²) in [5, 5.41) is 0. The molecular weight excluding hydrogens is 308 g/mol. The highest BCUT2D eigenvalue weighted by molar-refractivity contribution is 5.74. The van der Waals surface area contributed by atoms with E-state index in [1.807, 2.05) is 0 Å². The van der Waals surface area contributed by atoms with Crippen LogP contribution >= 0.6 is 0 Å². The first-order valence-corrected chi connectivity index (χ1v) is 9.23. The van der Waals surface area contributed by atoms with Crippen LogP contribution < -0.4 is 11.5 Å². The molecule has 0 saturated heterocycles. The molecule has 0 aliphatic heterocycles. The predicted molar refractivity (Wildman–Crippen MR) is 92.6 cm³/mol. The first kappa shape index (κ1) is 22.9. The molecule has 0 saturated carbocycles. The van der Waals surface area contributed by atoms with Crippen LogP contribution in [0.2, 0.25) is 0 Å². The Balaban J connectivity index is 3.54. The molecule has 2 atom stereocenters. The maximum atomic E-state index is 11.7. The quantitative estimate of drug-likeness (QED) is 0.382. The summed E-state index contributed by atoms with van der Waals surface area (Å²) in [6, 6.07) is -0.545. The van der Waals surface area contributed by atoms with Crippen molar-refractivity contribution in [2.24, 2.45) is 11.8 Å². The summed E-state index contributed by atoms with van der Waals surface area (Å²) in [4.78, 5) is 23.4. The molecule has 0 radical (unpaired) electrons. The lowest BCUT2D eigenvalue weighted by molar-refractivity contribution is -0.411. The van der Waals surface area contributed by atoms with E-state index in [0.29, 0.717) is 25.0 Å². The van der Waals surface area contributed by atoms with Crippen LogP contribution in [-0.2, 0) is 19.1 Å². The summed E-state index contributed by atoms with van der Waals surface area (Å²) in [5.41, 5.74) is 7.68. The molecule has 0 rings (SSSR count). The third kappa shape index (κ3) is 12.3. The average Bonchev–Trinajstić information content (AvgIpc) is 2.47. The second kappa shape index (κ2) is 13.2. The Hall–Kier alpha value is -1.14. The zero-order valence-corrected chi connectivity index (χ0v) is 16.0. The summed E-state index contributed by atoms with van der Waals surface area (Å²) in [6.07, 6.45) is 5.09. The molecule has 6 heteroatoms. The Bertz CT molecular complexity index is 325. The van der Waals surface area contributed by atoms with Gasteiger partial charge in [-0.3, -0.25) is 0 Å². The molecule has 0 heterocycles. The van der Waals surface area contributed by atoms with Gasteiger partial charge in [-0.1, -0.05) is 27.7 Å². The lowest BCUT2D eigenvalue weighted by Crippen LogP contribution is -2.65. The van der Waals surface area contributed by atoms with Gasteiger partial charge in [-0.2, -0.15) is 0 Å². The molecule has 0 aromatic carbocycles. The molecule has 0 fully saturated rings. The highest BCUT2D eigenvalue weighted by Gasteiger charge is 2.20. The molecule has 142 valence electrons. The number of carbonyl (C=O) groups is 2. The fourth-order valence-corrected chi connectivity index (χ4v) is 2.47. The molecule has 0 aliphatic rings. The van der Waals surface area contributed by atoms with Crippen LogP contribution in [0.1, 0.15) is 66.2 Å². The van der Waals surface area contributed by atoms with Crippen molar-refractivity contribution >= 4 is 11.9 Å².